The zero-order valence-electron chi connectivity index (χ0n) is 15.8. The molecule has 2 aromatic rings. The number of carbonyl (C=O) groups excluding carboxylic acids is 1. The van der Waals surface area contributed by atoms with Crippen LogP contribution in [-0.4, -0.2) is 13.1 Å². The zero-order valence-corrected chi connectivity index (χ0v) is 15.8. The molecule has 4 nitrogen and oxygen atoms in total. The van der Waals surface area contributed by atoms with Crippen LogP contribution >= 0.6 is 0 Å². The van der Waals surface area contributed by atoms with Crippen LogP contribution in [0.4, 0.5) is 16.2 Å². The molecule has 0 heterocycles. The number of carbonyl (C=O) groups is 1. The number of hydrogen-bond donors (Lipinski definition) is 2. The quantitative estimate of drug-likeness (QED) is 0.715. The molecule has 0 aliphatic heterocycles. The first-order valence-corrected chi connectivity index (χ1v) is 9.37. The standard InChI is InChI=1S/C22H28N2O2/c1-15-4-7-17(8-5-15)18-9-11-19(12-10-18)23-22(25)24-20-14-16(2)6-13-21(20)26-3/h6,9-15,17H,4-5,7-8H2,1-3H3,(H2,23,24,25). The topological polar surface area (TPSA) is 50.4 Å². The van der Waals surface area contributed by atoms with Gasteiger partial charge in [-0.1, -0.05) is 38.0 Å². The van der Waals surface area contributed by atoms with E-state index in [1.54, 1.807) is 7.11 Å². The smallest absolute Gasteiger partial charge is 0.323 e. The average molecular weight is 352 g/mol. The van der Waals surface area contributed by atoms with Gasteiger partial charge in [-0.05, 0) is 67.0 Å². The van der Waals surface area contributed by atoms with E-state index in [9.17, 15) is 4.79 Å². The second kappa shape index (κ2) is 8.26. The van der Waals surface area contributed by atoms with Crippen molar-refractivity contribution in [1.82, 2.24) is 0 Å². The summed E-state index contributed by atoms with van der Waals surface area (Å²) in [7, 11) is 1.60. The van der Waals surface area contributed by atoms with Gasteiger partial charge in [-0.25, -0.2) is 4.79 Å². The number of nitrogens with one attached hydrogen (secondary N) is 2. The van der Waals surface area contributed by atoms with E-state index in [2.05, 4.69) is 29.7 Å². The number of ether oxygens (including phenoxy) is 1. The molecule has 1 saturated carbocycles. The molecule has 138 valence electrons. The van der Waals surface area contributed by atoms with Crippen LogP contribution in [0.3, 0.4) is 0 Å². The summed E-state index contributed by atoms with van der Waals surface area (Å²) in [6, 6.07) is 13.7. The van der Waals surface area contributed by atoms with Gasteiger partial charge in [-0.3, -0.25) is 0 Å². The van der Waals surface area contributed by atoms with Crippen LogP contribution in [0, 0.1) is 12.8 Å². The van der Waals surface area contributed by atoms with Crippen molar-refractivity contribution in [3.05, 3.63) is 53.6 Å². The number of methoxy groups -OCH3 is 1. The molecular formula is C22H28N2O2. The Bertz CT molecular complexity index is 747. The molecule has 0 bridgehead atoms. The molecule has 4 heteroatoms. The SMILES string of the molecule is COc1ccc(C)cc1NC(=O)Nc1ccc(C2CCC(C)CC2)cc1. The molecule has 0 radical (unpaired) electrons. The molecule has 2 aromatic carbocycles. The first-order valence-electron chi connectivity index (χ1n) is 9.37. The van der Waals surface area contributed by atoms with E-state index in [1.807, 2.05) is 37.3 Å². The highest BCUT2D eigenvalue weighted by atomic mass is 16.5. The van der Waals surface area contributed by atoms with E-state index in [0.29, 0.717) is 17.4 Å². The highest BCUT2D eigenvalue weighted by Gasteiger charge is 2.19. The number of aryl methyl sites for hydroxylation is 1. The predicted octanol–water partition coefficient (Wildman–Crippen LogP) is 5.94. The highest BCUT2D eigenvalue weighted by Crippen LogP contribution is 2.35. The Morgan fingerprint density at radius 2 is 1.69 bits per heavy atom. The van der Waals surface area contributed by atoms with Crippen LogP contribution in [0.2, 0.25) is 0 Å². The molecule has 1 aliphatic carbocycles. The van der Waals surface area contributed by atoms with Gasteiger partial charge in [0, 0.05) is 5.69 Å². The van der Waals surface area contributed by atoms with E-state index in [0.717, 1.165) is 17.2 Å². The highest BCUT2D eigenvalue weighted by molar-refractivity contribution is 6.00. The molecule has 2 N–H and O–H groups in total. The van der Waals surface area contributed by atoms with Gasteiger partial charge < -0.3 is 15.4 Å². The first kappa shape index (κ1) is 18.3. The summed E-state index contributed by atoms with van der Waals surface area (Å²) in [4.78, 5) is 12.3. The van der Waals surface area contributed by atoms with E-state index >= 15 is 0 Å². The summed E-state index contributed by atoms with van der Waals surface area (Å²) in [5, 5.41) is 5.75. The fourth-order valence-electron chi connectivity index (χ4n) is 3.64. The summed E-state index contributed by atoms with van der Waals surface area (Å²) in [5.74, 6) is 2.16. The van der Waals surface area contributed by atoms with Crippen molar-refractivity contribution >= 4 is 17.4 Å². The van der Waals surface area contributed by atoms with Crippen molar-refractivity contribution in [2.75, 3.05) is 17.7 Å². The monoisotopic (exact) mass is 352 g/mol. The normalized spacial score (nSPS) is 19.7. The fraction of sp³-hybridized carbons (Fsp3) is 0.409. The number of hydrogen-bond acceptors (Lipinski definition) is 2. The molecule has 0 aromatic heterocycles. The van der Waals surface area contributed by atoms with E-state index in [1.165, 1.54) is 31.2 Å². The van der Waals surface area contributed by atoms with E-state index in [4.69, 9.17) is 4.74 Å². The molecule has 26 heavy (non-hydrogen) atoms. The van der Waals surface area contributed by atoms with Crippen LogP contribution in [0.25, 0.3) is 0 Å². The third-order valence-corrected chi connectivity index (χ3v) is 5.26. The maximum absolute atomic E-state index is 12.3. The molecule has 0 saturated heterocycles. The number of rotatable bonds is 4. The van der Waals surface area contributed by atoms with Crippen LogP contribution in [0.1, 0.15) is 49.7 Å². The minimum Gasteiger partial charge on any atom is -0.495 e. The molecule has 0 unspecified atom stereocenters. The Balaban J connectivity index is 1.60. The summed E-state index contributed by atoms with van der Waals surface area (Å²) in [6.07, 6.45) is 5.15. The molecule has 0 spiro atoms. The van der Waals surface area contributed by atoms with Gasteiger partial charge in [-0.2, -0.15) is 0 Å². The van der Waals surface area contributed by atoms with Crippen LogP contribution in [0.5, 0.6) is 5.75 Å². The molecule has 1 fully saturated rings. The minimum atomic E-state index is -0.270. The van der Waals surface area contributed by atoms with E-state index < -0.39 is 0 Å². The Morgan fingerprint density at radius 1 is 1.00 bits per heavy atom. The molecule has 2 amide bonds. The summed E-state index contributed by atoms with van der Waals surface area (Å²) in [6.45, 7) is 4.32. The van der Waals surface area contributed by atoms with Crippen molar-refractivity contribution in [2.24, 2.45) is 5.92 Å². The summed E-state index contributed by atoms with van der Waals surface area (Å²) in [5.41, 5.74) is 3.90. The minimum absolute atomic E-state index is 0.270. The molecule has 1 aliphatic rings. The second-order valence-corrected chi connectivity index (χ2v) is 7.36. The molecule has 0 atom stereocenters. The summed E-state index contributed by atoms with van der Waals surface area (Å²) >= 11 is 0. The van der Waals surface area contributed by atoms with Gasteiger partial charge in [0.05, 0.1) is 12.8 Å². The van der Waals surface area contributed by atoms with Gasteiger partial charge in [0.2, 0.25) is 0 Å². The molecule has 3 rings (SSSR count). The van der Waals surface area contributed by atoms with Crippen LogP contribution in [0.15, 0.2) is 42.5 Å². The third kappa shape index (κ3) is 4.57. The van der Waals surface area contributed by atoms with Gasteiger partial charge in [0.1, 0.15) is 5.75 Å². The van der Waals surface area contributed by atoms with Crippen molar-refractivity contribution < 1.29 is 9.53 Å². The largest absolute Gasteiger partial charge is 0.495 e. The van der Waals surface area contributed by atoms with Gasteiger partial charge in [0.25, 0.3) is 0 Å². The lowest BCUT2D eigenvalue weighted by atomic mass is 9.79. The fourth-order valence-corrected chi connectivity index (χ4v) is 3.64. The zero-order chi connectivity index (χ0) is 18.5. The number of anilines is 2. The van der Waals surface area contributed by atoms with Crippen molar-refractivity contribution in [1.29, 1.82) is 0 Å². The third-order valence-electron chi connectivity index (χ3n) is 5.26. The lowest BCUT2D eigenvalue weighted by Gasteiger charge is -2.26. The van der Waals surface area contributed by atoms with Crippen LogP contribution in [-0.2, 0) is 0 Å². The average Bonchev–Trinajstić information content (AvgIpc) is 2.63. The van der Waals surface area contributed by atoms with Crippen LogP contribution < -0.4 is 15.4 Å². The Hall–Kier alpha value is -2.49. The maximum Gasteiger partial charge on any atom is 0.323 e. The first-order chi connectivity index (χ1) is 12.5. The maximum atomic E-state index is 12.3. The lowest BCUT2D eigenvalue weighted by Crippen LogP contribution is -2.20. The van der Waals surface area contributed by atoms with Gasteiger partial charge >= 0.3 is 6.03 Å². The number of benzene rings is 2. The van der Waals surface area contributed by atoms with Gasteiger partial charge in [-0.15, -0.1) is 0 Å². The lowest BCUT2D eigenvalue weighted by molar-refractivity contribution is 0.262. The Kier molecular flexibility index (Phi) is 5.82. The van der Waals surface area contributed by atoms with Crippen molar-refractivity contribution in [3.8, 4) is 5.75 Å². The number of urea groups is 1. The predicted molar refractivity (Wildman–Crippen MR) is 107 cm³/mol. The van der Waals surface area contributed by atoms with Gasteiger partial charge in [0.15, 0.2) is 0 Å². The van der Waals surface area contributed by atoms with Crippen molar-refractivity contribution in [2.45, 2.75) is 45.4 Å². The Morgan fingerprint density at radius 3 is 2.35 bits per heavy atom. The Labute approximate surface area is 156 Å². The second-order valence-electron chi connectivity index (χ2n) is 7.36. The summed E-state index contributed by atoms with van der Waals surface area (Å²) < 4.78 is 5.30. The van der Waals surface area contributed by atoms with E-state index in [-0.39, 0.29) is 6.03 Å². The number of amides is 2. The van der Waals surface area contributed by atoms with Crippen molar-refractivity contribution in [3.63, 3.8) is 0 Å². The molecular weight excluding hydrogens is 324 g/mol.